The van der Waals surface area contributed by atoms with Crippen LogP contribution >= 0.6 is 0 Å². The number of H-pyrrole nitrogens is 1. The largest absolute Gasteiger partial charge is 0.462 e. The van der Waals surface area contributed by atoms with Gasteiger partial charge in [0.15, 0.2) is 0 Å². The van der Waals surface area contributed by atoms with E-state index in [0.29, 0.717) is 16.8 Å². The van der Waals surface area contributed by atoms with Crippen molar-refractivity contribution in [2.75, 3.05) is 17.1 Å². The summed E-state index contributed by atoms with van der Waals surface area (Å²) in [6.07, 6.45) is 2.59. The second kappa shape index (κ2) is 6.39. The Hall–Kier alpha value is -2.02. The van der Waals surface area contributed by atoms with E-state index >= 15 is 0 Å². The Balaban J connectivity index is 2.62. The quantitative estimate of drug-likeness (QED) is 0.800. The van der Waals surface area contributed by atoms with Gasteiger partial charge in [0, 0.05) is 11.6 Å². The lowest BCUT2D eigenvalue weighted by Crippen LogP contribution is -2.15. The third-order valence-electron chi connectivity index (χ3n) is 3.41. The Morgan fingerprint density at radius 2 is 2.00 bits per heavy atom. The molecule has 0 bridgehead atoms. The lowest BCUT2D eigenvalue weighted by atomic mass is 10.1. The summed E-state index contributed by atoms with van der Waals surface area (Å²) in [4.78, 5) is 15.1. The molecule has 0 radical (unpaired) electrons. The maximum absolute atomic E-state index is 12.0. The summed E-state index contributed by atoms with van der Waals surface area (Å²) in [6.45, 7) is 5.54. The highest BCUT2D eigenvalue weighted by atomic mass is 32.2. The molecule has 0 atom stereocenters. The lowest BCUT2D eigenvalue weighted by Gasteiger charge is -2.10. The summed E-state index contributed by atoms with van der Waals surface area (Å²) < 4.78 is 31.2. The third-order valence-corrected chi connectivity index (χ3v) is 4.70. The molecule has 0 unspecified atom stereocenters. The zero-order valence-corrected chi connectivity index (χ0v) is 13.7. The van der Waals surface area contributed by atoms with Crippen molar-refractivity contribution in [3.63, 3.8) is 0 Å². The molecule has 0 aliphatic rings. The number of ether oxygens (including phenoxy) is 1. The number of fused-ring (bicyclic) bond motifs is 1. The van der Waals surface area contributed by atoms with Gasteiger partial charge in [-0.1, -0.05) is 6.92 Å². The van der Waals surface area contributed by atoms with Gasteiger partial charge < -0.3 is 9.72 Å². The van der Waals surface area contributed by atoms with Crippen molar-refractivity contribution in [2.45, 2.75) is 27.2 Å². The number of nitrogens with one attached hydrogen (secondary N) is 2. The van der Waals surface area contributed by atoms with Crippen molar-refractivity contribution >= 4 is 32.6 Å². The van der Waals surface area contributed by atoms with E-state index in [1.54, 1.807) is 19.9 Å². The number of esters is 1. The third kappa shape index (κ3) is 3.24. The average Bonchev–Trinajstić information content (AvgIpc) is 2.90. The van der Waals surface area contributed by atoms with Crippen molar-refractivity contribution in [1.82, 2.24) is 4.98 Å². The van der Waals surface area contributed by atoms with E-state index in [-0.39, 0.29) is 12.4 Å². The highest BCUT2D eigenvalue weighted by molar-refractivity contribution is 7.92. The predicted octanol–water partition coefficient (Wildman–Crippen LogP) is 2.67. The molecule has 6 nitrogen and oxygen atoms in total. The van der Waals surface area contributed by atoms with E-state index < -0.39 is 16.0 Å². The average molecular weight is 324 g/mol. The van der Waals surface area contributed by atoms with Crippen LogP contribution in [-0.4, -0.2) is 31.7 Å². The highest BCUT2D eigenvalue weighted by Gasteiger charge is 2.17. The second-order valence-electron chi connectivity index (χ2n) is 4.84. The second-order valence-corrected chi connectivity index (χ2v) is 6.85. The zero-order chi connectivity index (χ0) is 16.3. The number of aromatic nitrogens is 1. The highest BCUT2D eigenvalue weighted by Crippen LogP contribution is 2.29. The summed E-state index contributed by atoms with van der Waals surface area (Å²) in [5.41, 5.74) is 2.37. The van der Waals surface area contributed by atoms with E-state index in [1.165, 1.54) is 6.07 Å². The predicted molar refractivity (Wildman–Crippen MR) is 86.7 cm³/mol. The van der Waals surface area contributed by atoms with Gasteiger partial charge in [0.2, 0.25) is 10.0 Å². The Labute approximate surface area is 129 Å². The first-order valence-electron chi connectivity index (χ1n) is 7.23. The molecule has 22 heavy (non-hydrogen) atoms. The molecule has 120 valence electrons. The normalized spacial score (nSPS) is 11.6. The number of aryl methyl sites for hydroxylation is 1. The molecule has 0 fully saturated rings. The van der Waals surface area contributed by atoms with Gasteiger partial charge in [0.05, 0.1) is 29.1 Å². The SMILES string of the molecule is CCOC(=O)c1cc(NS(=O)(=O)CC)c2[nH]cc(CC)c2c1. The van der Waals surface area contributed by atoms with E-state index in [2.05, 4.69) is 9.71 Å². The van der Waals surface area contributed by atoms with Crippen LogP contribution in [0.4, 0.5) is 5.69 Å². The van der Waals surface area contributed by atoms with Crippen molar-refractivity contribution in [3.8, 4) is 0 Å². The lowest BCUT2D eigenvalue weighted by molar-refractivity contribution is 0.0526. The van der Waals surface area contributed by atoms with Gasteiger partial charge in [0.1, 0.15) is 0 Å². The first-order valence-corrected chi connectivity index (χ1v) is 8.88. The van der Waals surface area contributed by atoms with Crippen LogP contribution in [0.1, 0.15) is 36.7 Å². The number of carbonyl (C=O) groups excluding carboxylic acids is 1. The molecular weight excluding hydrogens is 304 g/mol. The van der Waals surface area contributed by atoms with Crippen LogP contribution in [0.2, 0.25) is 0 Å². The molecule has 0 spiro atoms. The van der Waals surface area contributed by atoms with Gasteiger partial charge in [-0.25, -0.2) is 13.2 Å². The van der Waals surface area contributed by atoms with Gasteiger partial charge in [-0.3, -0.25) is 4.72 Å². The van der Waals surface area contributed by atoms with Crippen molar-refractivity contribution in [2.24, 2.45) is 0 Å². The molecule has 2 rings (SSSR count). The van der Waals surface area contributed by atoms with Crippen LogP contribution in [0.15, 0.2) is 18.3 Å². The van der Waals surface area contributed by atoms with Crippen molar-refractivity contribution in [3.05, 3.63) is 29.5 Å². The van der Waals surface area contributed by atoms with E-state index in [4.69, 9.17) is 4.74 Å². The van der Waals surface area contributed by atoms with Gasteiger partial charge in [-0.05, 0) is 38.0 Å². The Bertz CT molecular complexity index is 793. The van der Waals surface area contributed by atoms with Crippen LogP contribution < -0.4 is 4.72 Å². The fourth-order valence-electron chi connectivity index (χ4n) is 2.23. The molecule has 0 saturated heterocycles. The summed E-state index contributed by atoms with van der Waals surface area (Å²) in [5.74, 6) is -0.510. The van der Waals surface area contributed by atoms with Crippen LogP contribution in [0.25, 0.3) is 10.9 Å². The Morgan fingerprint density at radius 3 is 2.59 bits per heavy atom. The number of carbonyl (C=O) groups is 1. The summed E-state index contributed by atoms with van der Waals surface area (Å²) in [5, 5.41) is 0.821. The van der Waals surface area contributed by atoms with Crippen LogP contribution in [0.5, 0.6) is 0 Å². The van der Waals surface area contributed by atoms with Gasteiger partial charge in [-0.2, -0.15) is 0 Å². The molecule has 2 N–H and O–H groups in total. The summed E-state index contributed by atoms with van der Waals surface area (Å²) >= 11 is 0. The number of hydrogen-bond donors (Lipinski definition) is 2. The summed E-state index contributed by atoms with van der Waals surface area (Å²) in [6, 6.07) is 3.23. The number of sulfonamides is 1. The van der Waals surface area contributed by atoms with Crippen molar-refractivity contribution < 1.29 is 17.9 Å². The maximum Gasteiger partial charge on any atom is 0.338 e. The molecule has 1 aromatic carbocycles. The molecule has 0 aliphatic heterocycles. The molecule has 2 aromatic rings. The number of rotatable bonds is 6. The molecular formula is C15H20N2O4S. The monoisotopic (exact) mass is 324 g/mol. The molecule has 0 saturated carbocycles. The molecule has 1 heterocycles. The first kappa shape index (κ1) is 16.4. The van der Waals surface area contributed by atoms with Gasteiger partial charge in [0.25, 0.3) is 0 Å². The van der Waals surface area contributed by atoms with Crippen LogP contribution in [0.3, 0.4) is 0 Å². The van der Waals surface area contributed by atoms with Crippen molar-refractivity contribution in [1.29, 1.82) is 0 Å². The van der Waals surface area contributed by atoms with Crippen LogP contribution in [0, 0.1) is 0 Å². The number of aromatic amines is 1. The number of hydrogen-bond acceptors (Lipinski definition) is 4. The fraction of sp³-hybridized carbons (Fsp3) is 0.400. The van der Waals surface area contributed by atoms with E-state index in [0.717, 1.165) is 17.4 Å². The minimum atomic E-state index is -3.44. The fourth-order valence-corrected chi connectivity index (χ4v) is 2.87. The smallest absolute Gasteiger partial charge is 0.338 e. The molecule has 0 aliphatic carbocycles. The number of benzene rings is 1. The molecule has 1 aromatic heterocycles. The van der Waals surface area contributed by atoms with E-state index in [1.807, 2.05) is 13.1 Å². The van der Waals surface area contributed by atoms with Gasteiger partial charge in [-0.15, -0.1) is 0 Å². The van der Waals surface area contributed by atoms with Gasteiger partial charge >= 0.3 is 5.97 Å². The minimum absolute atomic E-state index is 0.0422. The minimum Gasteiger partial charge on any atom is -0.462 e. The molecule has 0 amide bonds. The van der Waals surface area contributed by atoms with E-state index in [9.17, 15) is 13.2 Å². The topological polar surface area (TPSA) is 88.3 Å². The number of anilines is 1. The standard InChI is InChI=1S/C15H20N2O4S/c1-4-10-9-16-14-12(10)7-11(15(18)21-5-2)8-13(14)17-22(19,20)6-3/h7-9,16-17H,4-6H2,1-3H3. The Kier molecular flexibility index (Phi) is 4.75. The Morgan fingerprint density at radius 1 is 1.27 bits per heavy atom. The zero-order valence-electron chi connectivity index (χ0n) is 12.9. The first-order chi connectivity index (χ1) is 10.4. The van der Waals surface area contributed by atoms with Crippen LogP contribution in [-0.2, 0) is 21.2 Å². The maximum atomic E-state index is 12.0. The summed E-state index contributed by atoms with van der Waals surface area (Å²) in [7, 11) is -3.44. The molecule has 7 heteroatoms.